The van der Waals surface area contributed by atoms with E-state index in [-0.39, 0.29) is 22.7 Å². The van der Waals surface area contributed by atoms with Crippen LogP contribution < -0.4 is 5.32 Å². The lowest BCUT2D eigenvalue weighted by Gasteiger charge is -2.33. The monoisotopic (exact) mass is 436 g/mol. The van der Waals surface area contributed by atoms with E-state index in [1.165, 1.54) is 41.7 Å². The molecule has 0 aliphatic carbocycles. The number of carbonyl (C=O) groups is 2. The fraction of sp³-hybridized carbons (Fsp3) is 0.300. The lowest BCUT2D eigenvalue weighted by molar-refractivity contribution is -0.120. The van der Waals surface area contributed by atoms with E-state index in [1.54, 1.807) is 18.2 Å². The van der Waals surface area contributed by atoms with Crippen molar-refractivity contribution in [1.82, 2.24) is 4.31 Å². The number of benzene rings is 2. The number of nitrogens with one attached hydrogen (secondary N) is 1. The summed E-state index contributed by atoms with van der Waals surface area (Å²) in [5.74, 6) is -1.08. The van der Waals surface area contributed by atoms with Crippen molar-refractivity contribution in [2.75, 3.05) is 19.0 Å². The molecule has 1 aliphatic rings. The van der Waals surface area contributed by atoms with Gasteiger partial charge in [-0.25, -0.2) is 13.2 Å². The summed E-state index contributed by atoms with van der Waals surface area (Å²) in [5, 5.41) is 3.12. The summed E-state index contributed by atoms with van der Waals surface area (Å²) in [6, 6.07) is 11.4. The summed E-state index contributed by atoms with van der Waals surface area (Å²) in [6.45, 7) is 0.238. The lowest BCUT2D eigenvalue weighted by atomic mass is 10.0. The van der Waals surface area contributed by atoms with Crippen LogP contribution in [0.4, 0.5) is 5.69 Å². The molecule has 1 amide bonds. The average molecular weight is 437 g/mol. The Balaban J connectivity index is 1.88. The third kappa shape index (κ3) is 4.60. The van der Waals surface area contributed by atoms with E-state index in [0.29, 0.717) is 17.9 Å². The molecule has 1 heterocycles. The van der Waals surface area contributed by atoms with Crippen molar-refractivity contribution < 1.29 is 22.7 Å². The van der Waals surface area contributed by atoms with Gasteiger partial charge in [-0.2, -0.15) is 4.31 Å². The van der Waals surface area contributed by atoms with Crippen LogP contribution in [0.3, 0.4) is 0 Å². The average Bonchev–Trinajstić information content (AvgIpc) is 2.74. The molecular formula is C20H21ClN2O5S. The van der Waals surface area contributed by atoms with Crippen molar-refractivity contribution >= 4 is 39.2 Å². The molecule has 0 aromatic heterocycles. The molecule has 0 radical (unpaired) electrons. The van der Waals surface area contributed by atoms with Gasteiger partial charge in [-0.3, -0.25) is 4.79 Å². The molecule has 0 saturated carbocycles. The van der Waals surface area contributed by atoms with Gasteiger partial charge in [0.2, 0.25) is 15.9 Å². The molecule has 7 nitrogen and oxygen atoms in total. The van der Waals surface area contributed by atoms with Crippen molar-refractivity contribution in [2.45, 2.75) is 30.2 Å². The van der Waals surface area contributed by atoms with Crippen molar-refractivity contribution in [3.63, 3.8) is 0 Å². The van der Waals surface area contributed by atoms with Crippen LogP contribution >= 0.6 is 11.6 Å². The number of rotatable bonds is 5. The van der Waals surface area contributed by atoms with Gasteiger partial charge >= 0.3 is 5.97 Å². The van der Waals surface area contributed by atoms with E-state index < -0.39 is 27.9 Å². The predicted molar refractivity (Wildman–Crippen MR) is 109 cm³/mol. The van der Waals surface area contributed by atoms with Crippen LogP contribution in [0.1, 0.15) is 29.6 Å². The first kappa shape index (κ1) is 21.3. The normalized spacial score (nSPS) is 17.5. The maximum atomic E-state index is 13.1. The minimum Gasteiger partial charge on any atom is -0.465 e. The zero-order valence-electron chi connectivity index (χ0n) is 15.8. The molecule has 2 aromatic carbocycles. The molecule has 1 atom stereocenters. The number of methoxy groups -OCH3 is 1. The van der Waals surface area contributed by atoms with Gasteiger partial charge in [0.1, 0.15) is 6.04 Å². The molecule has 3 rings (SSSR count). The highest BCUT2D eigenvalue weighted by atomic mass is 35.5. The highest BCUT2D eigenvalue weighted by molar-refractivity contribution is 7.89. The fourth-order valence-corrected chi connectivity index (χ4v) is 5.08. The summed E-state index contributed by atoms with van der Waals surface area (Å²) in [7, 11) is -2.62. The molecule has 1 unspecified atom stereocenters. The van der Waals surface area contributed by atoms with Crippen LogP contribution in [0, 0.1) is 0 Å². The molecule has 0 spiro atoms. The van der Waals surface area contributed by atoms with Crippen molar-refractivity contribution in [3.05, 3.63) is 59.1 Å². The SMILES string of the molecule is COC(=O)c1ccccc1NC(=O)C1CCCCN1S(=O)(=O)c1ccc(Cl)cc1. The summed E-state index contributed by atoms with van der Waals surface area (Å²) in [4.78, 5) is 25.0. The summed E-state index contributed by atoms with van der Waals surface area (Å²) < 4.78 is 32.2. The topological polar surface area (TPSA) is 92.8 Å². The zero-order valence-corrected chi connectivity index (χ0v) is 17.4. The third-order valence-corrected chi connectivity index (χ3v) is 6.94. The summed E-state index contributed by atoms with van der Waals surface area (Å²) >= 11 is 5.86. The van der Waals surface area contributed by atoms with Gasteiger partial charge in [0, 0.05) is 11.6 Å². The zero-order chi connectivity index (χ0) is 21.0. The maximum Gasteiger partial charge on any atom is 0.339 e. The molecule has 9 heteroatoms. The van der Waals surface area contributed by atoms with E-state index in [9.17, 15) is 18.0 Å². The Morgan fingerprint density at radius 1 is 1.10 bits per heavy atom. The van der Waals surface area contributed by atoms with Gasteiger partial charge in [0.05, 0.1) is 23.3 Å². The molecule has 29 heavy (non-hydrogen) atoms. The number of amides is 1. The number of halogens is 1. The smallest absolute Gasteiger partial charge is 0.339 e. The minimum atomic E-state index is -3.87. The van der Waals surface area contributed by atoms with E-state index in [2.05, 4.69) is 5.32 Å². The molecule has 1 aliphatic heterocycles. The maximum absolute atomic E-state index is 13.1. The van der Waals surface area contributed by atoms with Gasteiger partial charge in [-0.15, -0.1) is 0 Å². The van der Waals surface area contributed by atoms with Crippen molar-refractivity contribution in [2.24, 2.45) is 0 Å². The molecule has 1 N–H and O–H groups in total. The first-order chi connectivity index (χ1) is 13.8. The van der Waals surface area contributed by atoms with Crippen LogP contribution in [-0.4, -0.2) is 44.3 Å². The number of nitrogens with zero attached hydrogens (tertiary/aromatic N) is 1. The second-order valence-corrected chi connectivity index (χ2v) is 8.93. The van der Waals surface area contributed by atoms with Gasteiger partial charge in [0.15, 0.2) is 0 Å². The van der Waals surface area contributed by atoms with Crippen molar-refractivity contribution in [1.29, 1.82) is 0 Å². The number of sulfonamides is 1. The Hall–Kier alpha value is -2.42. The lowest BCUT2D eigenvalue weighted by Crippen LogP contribution is -2.49. The van der Waals surface area contributed by atoms with Crippen LogP contribution in [0.2, 0.25) is 5.02 Å². The van der Waals surface area contributed by atoms with Gasteiger partial charge in [-0.1, -0.05) is 30.2 Å². The number of hydrogen-bond donors (Lipinski definition) is 1. The van der Waals surface area contributed by atoms with Crippen LogP contribution in [0.25, 0.3) is 0 Å². The highest BCUT2D eigenvalue weighted by Gasteiger charge is 2.37. The number of para-hydroxylation sites is 1. The Bertz CT molecular complexity index is 1010. The van der Waals surface area contributed by atoms with E-state index in [0.717, 1.165) is 6.42 Å². The molecule has 154 valence electrons. The first-order valence-electron chi connectivity index (χ1n) is 9.10. The standard InChI is InChI=1S/C20H21ClN2O5S/c1-28-20(25)16-6-2-3-7-17(16)22-19(24)18-8-4-5-13-23(18)29(26,27)15-11-9-14(21)10-12-15/h2-3,6-7,9-12,18H,4-5,8,13H2,1H3,(H,22,24). The fourth-order valence-electron chi connectivity index (χ4n) is 3.29. The second-order valence-electron chi connectivity index (χ2n) is 6.61. The Kier molecular flexibility index (Phi) is 6.56. The van der Waals surface area contributed by atoms with E-state index in [4.69, 9.17) is 16.3 Å². The summed E-state index contributed by atoms with van der Waals surface area (Å²) in [6.07, 6.45) is 1.78. The van der Waals surface area contributed by atoms with Gasteiger partial charge < -0.3 is 10.1 Å². The molecule has 1 saturated heterocycles. The number of ether oxygens (including phenoxy) is 1. The molecule has 1 fully saturated rings. The predicted octanol–water partition coefficient (Wildman–Crippen LogP) is 3.31. The Morgan fingerprint density at radius 3 is 2.48 bits per heavy atom. The first-order valence-corrected chi connectivity index (χ1v) is 10.9. The second kappa shape index (κ2) is 8.94. The summed E-state index contributed by atoms with van der Waals surface area (Å²) in [5.41, 5.74) is 0.477. The number of piperidine rings is 1. The quantitative estimate of drug-likeness (QED) is 0.726. The largest absolute Gasteiger partial charge is 0.465 e. The van der Waals surface area contributed by atoms with Crippen molar-refractivity contribution in [3.8, 4) is 0 Å². The number of hydrogen-bond acceptors (Lipinski definition) is 5. The number of esters is 1. The van der Waals surface area contributed by atoms with Gasteiger partial charge in [0.25, 0.3) is 0 Å². The molecule has 0 bridgehead atoms. The highest BCUT2D eigenvalue weighted by Crippen LogP contribution is 2.27. The minimum absolute atomic E-state index is 0.0801. The molecular weight excluding hydrogens is 416 g/mol. The van der Waals surface area contributed by atoms with Crippen LogP contribution in [-0.2, 0) is 19.6 Å². The van der Waals surface area contributed by atoms with Crippen LogP contribution in [0.15, 0.2) is 53.4 Å². The van der Waals surface area contributed by atoms with E-state index >= 15 is 0 Å². The number of carbonyl (C=O) groups excluding carboxylic acids is 2. The van der Waals surface area contributed by atoms with Crippen LogP contribution in [0.5, 0.6) is 0 Å². The Labute approximate surface area is 174 Å². The third-order valence-electron chi connectivity index (χ3n) is 4.77. The molecule has 2 aromatic rings. The number of anilines is 1. The van der Waals surface area contributed by atoms with Gasteiger partial charge in [-0.05, 0) is 49.2 Å². The Morgan fingerprint density at radius 2 is 1.79 bits per heavy atom. The van der Waals surface area contributed by atoms with E-state index in [1.807, 2.05) is 0 Å².